The van der Waals surface area contributed by atoms with Gasteiger partial charge in [-0.3, -0.25) is 4.79 Å². The zero-order valence-corrected chi connectivity index (χ0v) is 25.3. The molecule has 4 aliphatic rings. The van der Waals surface area contributed by atoms with E-state index in [1.54, 1.807) is 0 Å². The fraction of sp³-hybridized carbons (Fsp3) is 0.962. The van der Waals surface area contributed by atoms with Crippen molar-refractivity contribution in [1.82, 2.24) is 5.32 Å². The average molecular weight is 692 g/mol. The Labute approximate surface area is 267 Å². The molecule has 0 aliphatic carbocycles. The fourth-order valence-corrected chi connectivity index (χ4v) is 5.86. The van der Waals surface area contributed by atoms with Gasteiger partial charge in [-0.2, -0.15) is 0 Å². The first kappa shape index (κ1) is 38.5. The summed E-state index contributed by atoms with van der Waals surface area (Å²) in [6, 6.07) is -1.59. The molecule has 47 heavy (non-hydrogen) atoms. The summed E-state index contributed by atoms with van der Waals surface area (Å²) in [5.41, 5.74) is 0. The molecular formula is C26H45NO20. The topological polar surface area (TPSA) is 336 Å². The monoisotopic (exact) mass is 691 g/mol. The Balaban J connectivity index is 1.66. The van der Waals surface area contributed by atoms with Crippen molar-refractivity contribution >= 4 is 5.91 Å². The third kappa shape index (κ3) is 8.04. The van der Waals surface area contributed by atoms with Crippen LogP contribution in [0.5, 0.6) is 0 Å². The second-order valence-corrected chi connectivity index (χ2v) is 11.9. The van der Waals surface area contributed by atoms with Crippen LogP contribution >= 0.6 is 0 Å². The molecule has 12 unspecified atom stereocenters. The van der Waals surface area contributed by atoms with E-state index in [0.29, 0.717) is 0 Å². The summed E-state index contributed by atoms with van der Waals surface area (Å²) >= 11 is 0. The molecule has 0 bridgehead atoms. The minimum absolute atomic E-state index is 0.752. The van der Waals surface area contributed by atoms with Gasteiger partial charge in [0.15, 0.2) is 25.2 Å². The number of rotatable bonds is 10. The summed E-state index contributed by atoms with van der Waals surface area (Å²) < 4.78 is 39.1. The van der Waals surface area contributed by atoms with Crippen molar-refractivity contribution in [3.05, 3.63) is 0 Å². The van der Waals surface area contributed by atoms with Crippen LogP contribution in [0.2, 0.25) is 0 Å². The Bertz CT molecular complexity index is 1010. The lowest BCUT2D eigenvalue weighted by Crippen LogP contribution is -2.70. The highest BCUT2D eigenvalue weighted by atomic mass is 16.8. The van der Waals surface area contributed by atoms with Gasteiger partial charge in [-0.1, -0.05) is 0 Å². The fourth-order valence-electron chi connectivity index (χ4n) is 5.86. The maximum Gasteiger partial charge on any atom is 0.217 e. The molecule has 4 saturated heterocycles. The number of ether oxygens (including phenoxy) is 7. The third-order valence-corrected chi connectivity index (χ3v) is 8.57. The lowest BCUT2D eigenvalue weighted by Gasteiger charge is -2.50. The molecule has 0 saturated carbocycles. The molecule has 0 radical (unpaired) electrons. The number of amides is 1. The largest absolute Gasteiger partial charge is 0.394 e. The van der Waals surface area contributed by atoms with Crippen LogP contribution in [0.3, 0.4) is 0 Å². The summed E-state index contributed by atoms with van der Waals surface area (Å²) in [5, 5.41) is 127. The van der Waals surface area contributed by atoms with Crippen LogP contribution in [0.15, 0.2) is 0 Å². The summed E-state index contributed by atoms with van der Waals surface area (Å²) in [4.78, 5) is 12.3. The molecular weight excluding hydrogens is 646 g/mol. The Morgan fingerprint density at radius 1 is 0.553 bits per heavy atom. The number of nitrogens with one attached hydrogen (secondary N) is 1. The number of carbonyl (C=O) groups is 1. The lowest BCUT2D eigenvalue weighted by atomic mass is 9.94. The first-order valence-corrected chi connectivity index (χ1v) is 15.0. The van der Waals surface area contributed by atoms with E-state index in [9.17, 15) is 66.1 Å². The van der Waals surface area contributed by atoms with E-state index >= 15 is 0 Å². The van der Waals surface area contributed by atoms with Gasteiger partial charge in [0.2, 0.25) is 5.91 Å². The molecule has 4 aliphatic heterocycles. The van der Waals surface area contributed by atoms with Crippen molar-refractivity contribution in [2.24, 2.45) is 0 Å². The van der Waals surface area contributed by atoms with Gasteiger partial charge in [-0.15, -0.1) is 0 Å². The van der Waals surface area contributed by atoms with Gasteiger partial charge in [-0.25, -0.2) is 0 Å². The highest BCUT2D eigenvalue weighted by Gasteiger charge is 2.55. The number of aliphatic hydroxyl groups excluding tert-OH is 12. The zero-order chi connectivity index (χ0) is 34.9. The van der Waals surface area contributed by atoms with Gasteiger partial charge in [0, 0.05) is 6.92 Å². The van der Waals surface area contributed by atoms with Crippen molar-refractivity contribution < 1.29 is 99.2 Å². The Kier molecular flexibility index (Phi) is 13.2. The quantitative estimate of drug-likeness (QED) is 0.101. The molecule has 4 fully saturated rings. The number of aliphatic hydroxyl groups is 12. The van der Waals surface area contributed by atoms with Crippen LogP contribution < -0.4 is 5.32 Å². The molecule has 0 aromatic rings. The van der Waals surface area contributed by atoms with Gasteiger partial charge >= 0.3 is 0 Å². The molecule has 0 aromatic carbocycles. The predicted octanol–water partition coefficient (Wildman–Crippen LogP) is -8.58. The van der Waals surface area contributed by atoms with Crippen LogP contribution in [0.25, 0.3) is 0 Å². The first-order valence-electron chi connectivity index (χ1n) is 15.0. The summed E-state index contributed by atoms with van der Waals surface area (Å²) in [7, 11) is 0. The minimum Gasteiger partial charge on any atom is -0.394 e. The highest BCUT2D eigenvalue weighted by molar-refractivity contribution is 5.73. The van der Waals surface area contributed by atoms with E-state index in [1.807, 2.05) is 0 Å². The van der Waals surface area contributed by atoms with E-state index in [4.69, 9.17) is 33.2 Å². The maximum absolute atomic E-state index is 12.3. The maximum atomic E-state index is 12.3. The normalized spacial score (nSPS) is 51.0. The molecule has 21 nitrogen and oxygen atoms in total. The molecule has 274 valence electrons. The van der Waals surface area contributed by atoms with Crippen molar-refractivity contribution in [3.8, 4) is 0 Å². The standard InChI is InChI=1S/C26H45NO20/c1-6-12(32)16(36)18(38)25(41-6)47-22-17(37)13(33)8(3-28)44-26(22)45-20-11(27-7(2)31)24(43-10(5-30)14(20)34)46-21-15(35)9(4-29)42-23(40)19(21)39/h6,8-26,28-30,32-40H,3-5H2,1-2H3,(H,27,31)/t6?,8?,9?,10?,11?,12-,13-,14-,15-,16?,17?,18?,19?,20?,21?,22?,23+,24-,25-,26-/m0/s1. The van der Waals surface area contributed by atoms with E-state index in [2.05, 4.69) is 5.32 Å². The second-order valence-electron chi connectivity index (χ2n) is 11.9. The summed E-state index contributed by atoms with van der Waals surface area (Å²) in [6.45, 7) is -0.130. The first-order chi connectivity index (χ1) is 22.1. The summed E-state index contributed by atoms with van der Waals surface area (Å²) in [6.07, 6.45) is -32.6. The zero-order valence-electron chi connectivity index (χ0n) is 25.3. The van der Waals surface area contributed by atoms with E-state index < -0.39 is 148 Å². The molecule has 21 heteroatoms. The smallest absolute Gasteiger partial charge is 0.217 e. The highest BCUT2D eigenvalue weighted by Crippen LogP contribution is 2.34. The van der Waals surface area contributed by atoms with Crippen molar-refractivity contribution in [2.45, 2.75) is 137 Å². The van der Waals surface area contributed by atoms with Crippen LogP contribution in [0, 0.1) is 0 Å². The average Bonchev–Trinajstić information content (AvgIpc) is 3.03. The van der Waals surface area contributed by atoms with Crippen LogP contribution in [-0.2, 0) is 38.0 Å². The van der Waals surface area contributed by atoms with Gasteiger partial charge in [0.05, 0.1) is 25.9 Å². The molecule has 20 atom stereocenters. The van der Waals surface area contributed by atoms with Gasteiger partial charge in [0.25, 0.3) is 0 Å². The molecule has 13 N–H and O–H groups in total. The van der Waals surface area contributed by atoms with Crippen LogP contribution in [0.4, 0.5) is 0 Å². The van der Waals surface area contributed by atoms with Crippen molar-refractivity contribution in [2.75, 3.05) is 19.8 Å². The van der Waals surface area contributed by atoms with Crippen molar-refractivity contribution in [3.63, 3.8) is 0 Å². The lowest BCUT2D eigenvalue weighted by molar-refractivity contribution is -0.385. The minimum atomic E-state index is -1.94. The van der Waals surface area contributed by atoms with Gasteiger partial charge in [-0.05, 0) is 6.92 Å². The Morgan fingerprint density at radius 2 is 1.06 bits per heavy atom. The molecule has 4 rings (SSSR count). The molecule has 0 spiro atoms. The van der Waals surface area contributed by atoms with Gasteiger partial charge < -0.3 is 99.8 Å². The van der Waals surface area contributed by atoms with Gasteiger partial charge in [0.1, 0.15) is 91.5 Å². The van der Waals surface area contributed by atoms with E-state index in [-0.39, 0.29) is 0 Å². The molecule has 0 aromatic heterocycles. The number of hydrogen-bond donors (Lipinski definition) is 13. The SMILES string of the molecule is CC(=O)NC1C(O[C@@H]2OC(CO)[C@H](O)C(O)C2O[C@@H]2OC(C)[C@H](O)C(O)C2O)[C@@H](O)C(CO)O[C@H]1OC1C(O)[C@H](O)OC(CO)[C@@H]1O. The number of carbonyl (C=O) groups excluding carboxylic acids is 1. The molecule has 1 amide bonds. The number of hydrogen-bond acceptors (Lipinski definition) is 20. The predicted molar refractivity (Wildman–Crippen MR) is 144 cm³/mol. The Hall–Kier alpha value is -1.29. The van der Waals surface area contributed by atoms with Crippen molar-refractivity contribution in [1.29, 1.82) is 0 Å². The van der Waals surface area contributed by atoms with E-state index in [0.717, 1.165) is 6.92 Å². The van der Waals surface area contributed by atoms with Crippen LogP contribution in [-0.4, -0.2) is 210 Å². The third-order valence-electron chi connectivity index (χ3n) is 8.57. The Morgan fingerprint density at radius 3 is 1.66 bits per heavy atom. The molecule has 4 heterocycles. The van der Waals surface area contributed by atoms with Crippen LogP contribution in [0.1, 0.15) is 13.8 Å². The summed E-state index contributed by atoms with van der Waals surface area (Å²) in [5.74, 6) is -0.752. The second kappa shape index (κ2) is 16.2. The van der Waals surface area contributed by atoms with E-state index in [1.165, 1.54) is 6.92 Å².